The maximum absolute atomic E-state index is 5.72. The molecule has 0 aliphatic carbocycles. The number of hydrazine groups is 1. The van der Waals surface area contributed by atoms with Gasteiger partial charge in [0.1, 0.15) is 11.9 Å². The van der Waals surface area contributed by atoms with E-state index in [9.17, 15) is 0 Å². The van der Waals surface area contributed by atoms with E-state index < -0.39 is 0 Å². The summed E-state index contributed by atoms with van der Waals surface area (Å²) in [4.78, 5) is 9.08. The number of nitrogens with zero attached hydrogens (tertiary/aromatic N) is 3. The Balaban J connectivity index is 2.07. The van der Waals surface area contributed by atoms with Crippen molar-refractivity contribution in [3.63, 3.8) is 0 Å². The fraction of sp³-hybridized carbons (Fsp3) is 0.200. The molecule has 0 amide bonds. The van der Waals surface area contributed by atoms with E-state index in [1.54, 1.807) is 6.20 Å². The number of rotatable bonds is 4. The molecule has 1 atom stereocenters. The van der Waals surface area contributed by atoms with Crippen LogP contribution >= 0.6 is 0 Å². The van der Waals surface area contributed by atoms with Crippen LogP contribution in [0, 0.1) is 0 Å². The first-order chi connectivity index (χ1) is 9.83. The Hall–Kier alpha value is -2.24. The molecule has 3 aromatic rings. The van der Waals surface area contributed by atoms with E-state index >= 15 is 0 Å². The van der Waals surface area contributed by atoms with Gasteiger partial charge >= 0.3 is 0 Å². The summed E-state index contributed by atoms with van der Waals surface area (Å²) >= 11 is 0. The van der Waals surface area contributed by atoms with Crippen LogP contribution in [-0.4, -0.2) is 14.5 Å². The second-order valence-electron chi connectivity index (χ2n) is 4.60. The number of fused-ring (bicyclic) bond motifs is 1. The molecule has 3 rings (SSSR count). The summed E-state index contributed by atoms with van der Waals surface area (Å²) in [6, 6.07) is 11.9. The third-order valence-corrected chi connectivity index (χ3v) is 3.43. The molecule has 20 heavy (non-hydrogen) atoms. The van der Waals surface area contributed by atoms with E-state index in [1.807, 2.05) is 36.5 Å². The lowest BCUT2D eigenvalue weighted by molar-refractivity contribution is 0.551. The van der Waals surface area contributed by atoms with Crippen LogP contribution in [0.15, 0.2) is 48.8 Å². The van der Waals surface area contributed by atoms with Gasteiger partial charge in [-0.05, 0) is 19.1 Å². The molecule has 1 aromatic carbocycles. The lowest BCUT2D eigenvalue weighted by atomic mass is 10.1. The molecular formula is C15H17N5. The molecule has 2 aromatic heterocycles. The van der Waals surface area contributed by atoms with Gasteiger partial charge in [0.05, 0.1) is 11.2 Å². The SMILES string of the molecule is CCn1ccnc1C(NN)c1ccc2ccccc2n1. The van der Waals surface area contributed by atoms with Crippen molar-refractivity contribution < 1.29 is 0 Å². The number of nitrogens with one attached hydrogen (secondary N) is 1. The number of hydrogen-bond donors (Lipinski definition) is 2. The van der Waals surface area contributed by atoms with Crippen molar-refractivity contribution >= 4 is 10.9 Å². The normalized spacial score (nSPS) is 12.7. The third kappa shape index (κ3) is 2.17. The van der Waals surface area contributed by atoms with Crippen LogP contribution in [-0.2, 0) is 6.54 Å². The molecule has 102 valence electrons. The number of aryl methyl sites for hydroxylation is 1. The Bertz CT molecular complexity index is 719. The molecule has 0 saturated carbocycles. The molecule has 0 aliphatic rings. The van der Waals surface area contributed by atoms with Crippen molar-refractivity contribution in [1.82, 2.24) is 20.0 Å². The van der Waals surface area contributed by atoms with Crippen LogP contribution in [0.1, 0.15) is 24.5 Å². The summed E-state index contributed by atoms with van der Waals surface area (Å²) in [6.07, 6.45) is 3.73. The number of imidazole rings is 1. The van der Waals surface area contributed by atoms with Crippen LogP contribution in [0.2, 0.25) is 0 Å². The minimum Gasteiger partial charge on any atom is -0.334 e. The van der Waals surface area contributed by atoms with Crippen LogP contribution < -0.4 is 11.3 Å². The Morgan fingerprint density at radius 1 is 1.25 bits per heavy atom. The maximum atomic E-state index is 5.72. The highest BCUT2D eigenvalue weighted by molar-refractivity contribution is 5.78. The van der Waals surface area contributed by atoms with Crippen LogP contribution in [0.4, 0.5) is 0 Å². The molecule has 2 heterocycles. The largest absolute Gasteiger partial charge is 0.334 e. The molecule has 5 heteroatoms. The van der Waals surface area contributed by atoms with E-state index in [-0.39, 0.29) is 6.04 Å². The Morgan fingerprint density at radius 2 is 2.10 bits per heavy atom. The standard InChI is InChI=1S/C15H17N5/c1-2-20-10-9-17-15(20)14(19-16)13-8-7-11-5-3-4-6-12(11)18-13/h3-10,14,19H,2,16H2,1H3. The number of hydrogen-bond acceptors (Lipinski definition) is 4. The Kier molecular flexibility index (Phi) is 3.45. The average molecular weight is 267 g/mol. The highest BCUT2D eigenvalue weighted by Gasteiger charge is 2.18. The Morgan fingerprint density at radius 3 is 2.90 bits per heavy atom. The number of benzene rings is 1. The van der Waals surface area contributed by atoms with Gasteiger partial charge in [0, 0.05) is 24.3 Å². The fourth-order valence-corrected chi connectivity index (χ4v) is 2.38. The first kappa shape index (κ1) is 12.8. The van der Waals surface area contributed by atoms with E-state index in [2.05, 4.69) is 33.0 Å². The first-order valence-electron chi connectivity index (χ1n) is 6.66. The molecule has 3 N–H and O–H groups in total. The highest BCUT2D eigenvalue weighted by atomic mass is 15.3. The van der Waals surface area contributed by atoms with Crippen LogP contribution in [0.25, 0.3) is 10.9 Å². The fourth-order valence-electron chi connectivity index (χ4n) is 2.38. The number of nitrogens with two attached hydrogens (primary N) is 1. The van der Waals surface area contributed by atoms with Crippen molar-refractivity contribution in [3.8, 4) is 0 Å². The second kappa shape index (κ2) is 5.40. The van der Waals surface area contributed by atoms with Gasteiger partial charge in [0.15, 0.2) is 0 Å². The molecule has 0 bridgehead atoms. The quantitative estimate of drug-likeness (QED) is 0.560. The van der Waals surface area contributed by atoms with Crippen molar-refractivity contribution in [1.29, 1.82) is 0 Å². The molecule has 0 aliphatic heterocycles. The molecule has 5 nitrogen and oxygen atoms in total. The molecule has 1 unspecified atom stereocenters. The third-order valence-electron chi connectivity index (χ3n) is 3.43. The van der Waals surface area contributed by atoms with E-state index in [1.165, 1.54) is 0 Å². The maximum Gasteiger partial charge on any atom is 0.133 e. The van der Waals surface area contributed by atoms with Crippen molar-refractivity contribution in [2.45, 2.75) is 19.5 Å². The van der Waals surface area contributed by atoms with E-state index in [4.69, 9.17) is 5.84 Å². The molecule has 0 saturated heterocycles. The summed E-state index contributed by atoms with van der Waals surface area (Å²) < 4.78 is 2.06. The van der Waals surface area contributed by atoms with Gasteiger partial charge in [-0.3, -0.25) is 10.8 Å². The predicted octanol–water partition coefficient (Wildman–Crippen LogP) is 2.00. The van der Waals surface area contributed by atoms with Gasteiger partial charge in [0.25, 0.3) is 0 Å². The molecule has 0 fully saturated rings. The van der Waals surface area contributed by atoms with Gasteiger partial charge in [0.2, 0.25) is 0 Å². The average Bonchev–Trinajstić information content (AvgIpc) is 2.96. The number of aromatic nitrogens is 3. The minimum absolute atomic E-state index is 0.213. The van der Waals surface area contributed by atoms with Gasteiger partial charge in [-0.1, -0.05) is 24.3 Å². The van der Waals surface area contributed by atoms with Crippen molar-refractivity contribution in [2.24, 2.45) is 5.84 Å². The highest BCUT2D eigenvalue weighted by Crippen LogP contribution is 2.21. The monoisotopic (exact) mass is 267 g/mol. The minimum atomic E-state index is -0.213. The predicted molar refractivity (Wildman–Crippen MR) is 78.8 cm³/mol. The summed E-state index contributed by atoms with van der Waals surface area (Å²) in [6.45, 7) is 2.92. The first-order valence-corrected chi connectivity index (χ1v) is 6.66. The van der Waals surface area contributed by atoms with Crippen LogP contribution in [0.3, 0.4) is 0 Å². The van der Waals surface area contributed by atoms with Gasteiger partial charge in [-0.15, -0.1) is 0 Å². The Labute approximate surface area is 117 Å². The molecule has 0 radical (unpaired) electrons. The lowest BCUT2D eigenvalue weighted by Crippen LogP contribution is -2.31. The summed E-state index contributed by atoms with van der Waals surface area (Å²) in [7, 11) is 0. The van der Waals surface area contributed by atoms with Gasteiger partial charge < -0.3 is 4.57 Å². The smallest absolute Gasteiger partial charge is 0.133 e. The van der Waals surface area contributed by atoms with E-state index in [0.717, 1.165) is 29.0 Å². The zero-order chi connectivity index (χ0) is 13.9. The van der Waals surface area contributed by atoms with Crippen molar-refractivity contribution in [3.05, 3.63) is 60.3 Å². The zero-order valence-electron chi connectivity index (χ0n) is 11.3. The topological polar surface area (TPSA) is 68.8 Å². The summed E-state index contributed by atoms with van der Waals surface area (Å²) in [5.74, 6) is 6.59. The van der Waals surface area contributed by atoms with Gasteiger partial charge in [-0.2, -0.15) is 0 Å². The number of pyridine rings is 1. The summed E-state index contributed by atoms with van der Waals surface area (Å²) in [5, 5.41) is 1.12. The number of para-hydroxylation sites is 1. The van der Waals surface area contributed by atoms with Crippen LogP contribution in [0.5, 0.6) is 0 Å². The molecular weight excluding hydrogens is 250 g/mol. The van der Waals surface area contributed by atoms with E-state index in [0.29, 0.717) is 0 Å². The zero-order valence-corrected chi connectivity index (χ0v) is 11.3. The van der Waals surface area contributed by atoms with Crippen molar-refractivity contribution in [2.75, 3.05) is 0 Å². The van der Waals surface area contributed by atoms with Gasteiger partial charge in [-0.25, -0.2) is 10.4 Å². The lowest BCUT2D eigenvalue weighted by Gasteiger charge is -2.16. The summed E-state index contributed by atoms with van der Waals surface area (Å²) in [5.41, 5.74) is 4.64. The molecule has 0 spiro atoms. The second-order valence-corrected chi connectivity index (χ2v) is 4.60.